The summed E-state index contributed by atoms with van der Waals surface area (Å²) in [6.07, 6.45) is 11.6. The van der Waals surface area contributed by atoms with Crippen LogP contribution in [0.25, 0.3) is 0 Å². The fraction of sp³-hybridized carbons (Fsp3) is 0.550. The maximum absolute atomic E-state index is 11.9. The number of piperidine rings is 1. The zero-order chi connectivity index (χ0) is 18.7. The molecule has 0 bridgehead atoms. The van der Waals surface area contributed by atoms with Gasteiger partial charge in [0.25, 0.3) is 0 Å². The van der Waals surface area contributed by atoms with Crippen LogP contribution in [0, 0.1) is 5.92 Å². The smallest absolute Gasteiger partial charge is 0.226 e. The van der Waals surface area contributed by atoms with Gasteiger partial charge in [-0.25, -0.2) is 0 Å². The van der Waals surface area contributed by atoms with Gasteiger partial charge in [0.05, 0.1) is 6.10 Å². The Morgan fingerprint density at radius 2 is 2.00 bits per heavy atom. The van der Waals surface area contributed by atoms with Crippen LogP contribution in [0.2, 0.25) is 0 Å². The third-order valence-electron chi connectivity index (χ3n) is 4.28. The lowest BCUT2D eigenvalue weighted by molar-refractivity contribution is -0.134. The second-order valence-corrected chi connectivity index (χ2v) is 6.49. The quantitative estimate of drug-likeness (QED) is 0.354. The van der Waals surface area contributed by atoms with Crippen molar-refractivity contribution in [1.29, 1.82) is 0 Å². The number of nitrogens with one attached hydrogen (secondary N) is 1. The monoisotopic (exact) mass is 347 g/mol. The van der Waals surface area contributed by atoms with Crippen molar-refractivity contribution in [2.75, 3.05) is 7.11 Å². The van der Waals surface area contributed by atoms with Crippen LogP contribution in [0.3, 0.4) is 0 Å². The van der Waals surface area contributed by atoms with E-state index in [1.54, 1.807) is 25.3 Å². The van der Waals surface area contributed by atoms with E-state index < -0.39 is 0 Å². The van der Waals surface area contributed by atoms with Gasteiger partial charge in [0, 0.05) is 26.4 Å². The summed E-state index contributed by atoms with van der Waals surface area (Å²) >= 11 is 0. The molecule has 25 heavy (non-hydrogen) atoms. The van der Waals surface area contributed by atoms with Gasteiger partial charge in [-0.05, 0) is 44.6 Å². The van der Waals surface area contributed by atoms with Crippen molar-refractivity contribution in [3.8, 4) is 0 Å². The zero-order valence-corrected chi connectivity index (χ0v) is 15.3. The number of rotatable bonds is 11. The SMILES string of the molecule is C=C[C@@H](CC/C=C(/C)CCC(=O)/C=C/CC1CC(=O)NC(=O)C1)OC. The topological polar surface area (TPSA) is 72.5 Å². The molecular weight excluding hydrogens is 318 g/mol. The Morgan fingerprint density at radius 3 is 2.60 bits per heavy atom. The first-order valence-electron chi connectivity index (χ1n) is 8.77. The third-order valence-corrected chi connectivity index (χ3v) is 4.28. The van der Waals surface area contributed by atoms with Gasteiger partial charge < -0.3 is 4.74 Å². The standard InChI is InChI=1S/C20H29NO4/c1-4-18(25-3)10-5-7-15(2)11-12-17(22)9-6-8-16-13-19(23)21-20(24)14-16/h4,6-7,9,16,18H,1,5,8,10-14H2,2-3H3,(H,21,23,24)/b9-6+,15-7-/t18-/m0/s1. The summed E-state index contributed by atoms with van der Waals surface area (Å²) in [5, 5.41) is 2.28. The first-order valence-corrected chi connectivity index (χ1v) is 8.77. The Balaban J connectivity index is 2.25. The molecule has 1 rings (SSSR count). The van der Waals surface area contributed by atoms with Crippen LogP contribution in [-0.4, -0.2) is 30.8 Å². The fourth-order valence-electron chi connectivity index (χ4n) is 2.74. The number of ketones is 1. The molecule has 2 amide bonds. The Morgan fingerprint density at radius 1 is 1.32 bits per heavy atom. The summed E-state index contributed by atoms with van der Waals surface area (Å²) in [7, 11) is 1.67. The van der Waals surface area contributed by atoms with Crippen molar-refractivity contribution in [3.63, 3.8) is 0 Å². The van der Waals surface area contributed by atoms with E-state index in [9.17, 15) is 14.4 Å². The largest absolute Gasteiger partial charge is 0.377 e. The van der Waals surface area contributed by atoms with Gasteiger partial charge in [-0.15, -0.1) is 6.58 Å². The Hall–Kier alpha value is -2.01. The molecule has 0 aromatic rings. The molecule has 0 radical (unpaired) electrons. The molecule has 1 aliphatic heterocycles. The van der Waals surface area contributed by atoms with E-state index >= 15 is 0 Å². The van der Waals surface area contributed by atoms with Gasteiger partial charge in [-0.2, -0.15) is 0 Å². The van der Waals surface area contributed by atoms with Crippen molar-refractivity contribution in [1.82, 2.24) is 5.32 Å². The minimum atomic E-state index is -0.228. The molecule has 5 heteroatoms. The number of carbonyl (C=O) groups is 3. The number of allylic oxidation sites excluding steroid dienone is 4. The first-order chi connectivity index (χ1) is 11.9. The van der Waals surface area contributed by atoms with Crippen molar-refractivity contribution < 1.29 is 19.1 Å². The van der Waals surface area contributed by atoms with Crippen LogP contribution in [0.5, 0.6) is 0 Å². The molecule has 0 aromatic carbocycles. The molecule has 138 valence electrons. The molecule has 0 aromatic heterocycles. The molecule has 1 saturated heterocycles. The average Bonchev–Trinajstić information content (AvgIpc) is 2.56. The highest BCUT2D eigenvalue weighted by Crippen LogP contribution is 2.18. The molecule has 1 heterocycles. The van der Waals surface area contributed by atoms with Gasteiger partial charge in [-0.3, -0.25) is 19.7 Å². The molecular formula is C20H29NO4. The maximum atomic E-state index is 11.9. The van der Waals surface area contributed by atoms with Crippen LogP contribution in [0.4, 0.5) is 0 Å². The van der Waals surface area contributed by atoms with E-state index in [1.165, 1.54) is 5.57 Å². The van der Waals surface area contributed by atoms with Gasteiger partial charge >= 0.3 is 0 Å². The molecule has 0 saturated carbocycles. The summed E-state index contributed by atoms with van der Waals surface area (Å²) in [6, 6.07) is 0. The van der Waals surface area contributed by atoms with Crippen LogP contribution >= 0.6 is 0 Å². The molecule has 0 unspecified atom stereocenters. The van der Waals surface area contributed by atoms with Crippen molar-refractivity contribution in [2.24, 2.45) is 5.92 Å². The number of ether oxygens (including phenoxy) is 1. The first kappa shape index (κ1) is 21.0. The van der Waals surface area contributed by atoms with E-state index in [0.717, 1.165) is 19.3 Å². The number of methoxy groups -OCH3 is 1. The Bertz CT molecular complexity index is 532. The number of amides is 2. The lowest BCUT2D eigenvalue weighted by Crippen LogP contribution is -2.38. The Labute approximate surface area is 150 Å². The summed E-state index contributed by atoms with van der Waals surface area (Å²) in [4.78, 5) is 34.5. The summed E-state index contributed by atoms with van der Waals surface area (Å²) < 4.78 is 5.23. The highest BCUT2D eigenvalue weighted by atomic mass is 16.5. The van der Waals surface area contributed by atoms with Crippen LogP contribution in [0.15, 0.2) is 36.5 Å². The van der Waals surface area contributed by atoms with Crippen LogP contribution in [0.1, 0.15) is 51.9 Å². The number of carbonyl (C=O) groups excluding carboxylic acids is 3. The van der Waals surface area contributed by atoms with E-state index in [1.807, 2.05) is 6.92 Å². The van der Waals surface area contributed by atoms with E-state index in [2.05, 4.69) is 18.0 Å². The fourth-order valence-corrected chi connectivity index (χ4v) is 2.74. The molecule has 1 atom stereocenters. The van der Waals surface area contributed by atoms with E-state index in [0.29, 0.717) is 25.7 Å². The molecule has 0 spiro atoms. The molecule has 1 fully saturated rings. The van der Waals surface area contributed by atoms with E-state index in [-0.39, 0.29) is 29.6 Å². The lowest BCUT2D eigenvalue weighted by atomic mass is 9.93. The molecule has 1 N–H and O–H groups in total. The highest BCUT2D eigenvalue weighted by molar-refractivity contribution is 5.97. The second kappa shape index (κ2) is 11.5. The summed E-state index contributed by atoms with van der Waals surface area (Å²) in [5.74, 6) is -0.381. The predicted molar refractivity (Wildman–Crippen MR) is 97.9 cm³/mol. The average molecular weight is 347 g/mol. The van der Waals surface area contributed by atoms with Crippen molar-refractivity contribution >= 4 is 17.6 Å². The summed E-state index contributed by atoms with van der Waals surface area (Å²) in [6.45, 7) is 5.75. The van der Waals surface area contributed by atoms with Gasteiger partial charge in [0.15, 0.2) is 5.78 Å². The van der Waals surface area contributed by atoms with Crippen LogP contribution in [-0.2, 0) is 19.1 Å². The molecule has 1 aliphatic rings. The molecule has 0 aliphatic carbocycles. The van der Waals surface area contributed by atoms with Crippen molar-refractivity contribution in [3.05, 3.63) is 36.5 Å². The van der Waals surface area contributed by atoms with Gasteiger partial charge in [0.2, 0.25) is 11.8 Å². The number of imide groups is 1. The van der Waals surface area contributed by atoms with E-state index in [4.69, 9.17) is 4.74 Å². The normalized spacial score (nSPS) is 17.6. The minimum Gasteiger partial charge on any atom is -0.377 e. The number of hydrogen-bond donors (Lipinski definition) is 1. The van der Waals surface area contributed by atoms with Crippen LogP contribution < -0.4 is 5.32 Å². The zero-order valence-electron chi connectivity index (χ0n) is 15.3. The van der Waals surface area contributed by atoms with Gasteiger partial charge in [-0.1, -0.05) is 23.8 Å². The highest BCUT2D eigenvalue weighted by Gasteiger charge is 2.23. The lowest BCUT2D eigenvalue weighted by Gasteiger charge is -2.19. The number of hydrogen-bond acceptors (Lipinski definition) is 4. The minimum absolute atomic E-state index is 0.00511. The van der Waals surface area contributed by atoms with Crippen molar-refractivity contribution in [2.45, 2.75) is 58.0 Å². The molecule has 5 nitrogen and oxygen atoms in total. The predicted octanol–water partition coefficient (Wildman–Crippen LogP) is 3.26. The van der Waals surface area contributed by atoms with Gasteiger partial charge in [0.1, 0.15) is 0 Å². The second-order valence-electron chi connectivity index (χ2n) is 6.49. The third kappa shape index (κ3) is 9.15. The Kier molecular flexibility index (Phi) is 9.70. The maximum Gasteiger partial charge on any atom is 0.226 e. The summed E-state index contributed by atoms with van der Waals surface area (Å²) in [5.41, 5.74) is 1.19.